The van der Waals surface area contributed by atoms with Crippen molar-refractivity contribution in [2.75, 3.05) is 0 Å². The lowest BCUT2D eigenvalue weighted by molar-refractivity contribution is -0.0600. The van der Waals surface area contributed by atoms with Gasteiger partial charge >= 0.3 is 0 Å². The van der Waals surface area contributed by atoms with E-state index < -0.39 is 11.3 Å². The van der Waals surface area contributed by atoms with Crippen molar-refractivity contribution in [1.82, 2.24) is 0 Å². The number of Topliss-reactive ketones (excluding diaryl/α,β-unsaturated/α-hetero) is 1. The number of carbonyl (C=O) groups excluding carboxylic acids is 1. The monoisotopic (exact) mass is 252 g/mol. The van der Waals surface area contributed by atoms with E-state index in [2.05, 4.69) is 0 Å². The molecule has 1 nitrogen and oxygen atoms in total. The van der Waals surface area contributed by atoms with Crippen LogP contribution in [0.3, 0.4) is 0 Å². The largest absolute Gasteiger partial charge is 0.295 e. The molecule has 0 bridgehead atoms. The van der Waals surface area contributed by atoms with E-state index in [0.29, 0.717) is 24.0 Å². The summed E-state index contributed by atoms with van der Waals surface area (Å²) < 4.78 is 28.0. The molecule has 0 amide bonds. The number of hydrogen-bond donors (Lipinski definition) is 0. The Balaban J connectivity index is 2.50. The van der Waals surface area contributed by atoms with Crippen LogP contribution in [-0.4, -0.2) is 11.7 Å². The van der Waals surface area contributed by atoms with Gasteiger partial charge in [0.2, 0.25) is 0 Å². The average molecular weight is 252 g/mol. The number of ketones is 1. The van der Waals surface area contributed by atoms with Crippen LogP contribution in [0.1, 0.15) is 55.5 Å². The van der Waals surface area contributed by atoms with Gasteiger partial charge < -0.3 is 0 Å². The summed E-state index contributed by atoms with van der Waals surface area (Å²) in [6.45, 7) is 2.46. The first-order valence-corrected chi connectivity index (χ1v) is 6.36. The smallest absolute Gasteiger partial charge is 0.254 e. The van der Waals surface area contributed by atoms with Gasteiger partial charge in [-0.05, 0) is 31.4 Å². The summed E-state index contributed by atoms with van der Waals surface area (Å²) in [5.74, 6) is -2.83. The molecule has 18 heavy (non-hydrogen) atoms. The maximum atomic E-state index is 14.0. The number of carbonyl (C=O) groups is 1. The van der Waals surface area contributed by atoms with Crippen molar-refractivity contribution in [3.05, 3.63) is 35.4 Å². The summed E-state index contributed by atoms with van der Waals surface area (Å²) in [6, 6.07) is 6.76. The van der Waals surface area contributed by atoms with Crippen LogP contribution in [-0.2, 0) is 5.41 Å². The van der Waals surface area contributed by atoms with Gasteiger partial charge in [-0.25, -0.2) is 8.78 Å². The molecule has 1 aliphatic carbocycles. The molecule has 0 heterocycles. The fraction of sp³-hybridized carbons (Fsp3) is 0.533. The molecule has 0 aromatic heterocycles. The van der Waals surface area contributed by atoms with Crippen LogP contribution in [0.4, 0.5) is 8.78 Å². The third-order valence-electron chi connectivity index (χ3n) is 4.12. The zero-order valence-corrected chi connectivity index (χ0v) is 10.8. The van der Waals surface area contributed by atoms with Gasteiger partial charge in [0.1, 0.15) is 0 Å². The van der Waals surface area contributed by atoms with Crippen molar-refractivity contribution in [2.45, 2.75) is 50.9 Å². The molecule has 2 rings (SSSR count). The Morgan fingerprint density at radius 3 is 2.39 bits per heavy atom. The quantitative estimate of drug-likeness (QED) is 0.731. The molecule has 0 aliphatic heterocycles. The van der Waals surface area contributed by atoms with Gasteiger partial charge in [-0.2, -0.15) is 0 Å². The molecule has 0 N–H and O–H groups in total. The Hall–Kier alpha value is -1.25. The molecule has 98 valence electrons. The second-order valence-electron chi connectivity index (χ2n) is 5.31. The van der Waals surface area contributed by atoms with E-state index in [1.807, 2.05) is 0 Å². The third kappa shape index (κ3) is 2.06. The van der Waals surface area contributed by atoms with Gasteiger partial charge in [0, 0.05) is 12.5 Å². The van der Waals surface area contributed by atoms with Gasteiger partial charge in [-0.3, -0.25) is 4.79 Å². The van der Waals surface area contributed by atoms with Crippen molar-refractivity contribution in [2.24, 2.45) is 0 Å². The third-order valence-corrected chi connectivity index (χ3v) is 4.12. The second-order valence-corrected chi connectivity index (χ2v) is 5.31. The molecule has 0 unspecified atom stereocenters. The summed E-state index contributed by atoms with van der Waals surface area (Å²) in [5, 5.41) is 0. The molecule has 1 fully saturated rings. The maximum Gasteiger partial charge on any atom is 0.254 e. The standard InChI is InChI=1S/C15H18F2O/c1-11(18)12-6-5-7-13(10-12)15(14(2,16)17)8-3-4-9-15/h5-7,10H,3-4,8-9H2,1-2H3. The molecule has 0 atom stereocenters. The first kappa shape index (κ1) is 13.2. The van der Waals surface area contributed by atoms with Crippen LogP contribution >= 0.6 is 0 Å². The SMILES string of the molecule is CC(=O)c1cccc(C2(C(C)(F)F)CCCC2)c1. The van der Waals surface area contributed by atoms with Crippen molar-refractivity contribution in [1.29, 1.82) is 0 Å². The first-order valence-electron chi connectivity index (χ1n) is 6.36. The zero-order valence-electron chi connectivity index (χ0n) is 10.8. The Bertz CT molecular complexity index is 454. The highest BCUT2D eigenvalue weighted by molar-refractivity contribution is 5.94. The predicted octanol–water partition coefficient (Wildman–Crippen LogP) is 4.36. The number of halogens is 2. The first-order chi connectivity index (χ1) is 8.37. The van der Waals surface area contributed by atoms with Crippen LogP contribution in [0.25, 0.3) is 0 Å². The summed E-state index contributed by atoms with van der Waals surface area (Å²) in [4.78, 5) is 11.4. The van der Waals surface area contributed by atoms with Crippen molar-refractivity contribution in [3.8, 4) is 0 Å². The predicted molar refractivity (Wildman–Crippen MR) is 67.2 cm³/mol. The molecule has 0 spiro atoms. The molecular weight excluding hydrogens is 234 g/mol. The molecular formula is C15H18F2O. The highest BCUT2D eigenvalue weighted by Gasteiger charge is 2.52. The van der Waals surface area contributed by atoms with Gasteiger partial charge in [0.25, 0.3) is 5.92 Å². The summed E-state index contributed by atoms with van der Waals surface area (Å²) >= 11 is 0. The Morgan fingerprint density at radius 1 is 1.28 bits per heavy atom. The van der Waals surface area contributed by atoms with Crippen LogP contribution < -0.4 is 0 Å². The lowest BCUT2D eigenvalue weighted by Gasteiger charge is -2.35. The molecule has 3 heteroatoms. The van der Waals surface area contributed by atoms with E-state index >= 15 is 0 Å². The highest BCUT2D eigenvalue weighted by atomic mass is 19.3. The minimum atomic E-state index is -2.75. The maximum absolute atomic E-state index is 14.0. The summed E-state index contributed by atoms with van der Waals surface area (Å²) in [7, 11) is 0. The fourth-order valence-corrected chi connectivity index (χ4v) is 3.00. The second kappa shape index (κ2) is 4.45. The number of alkyl halides is 2. The molecule has 1 aliphatic rings. The molecule has 1 aromatic rings. The van der Waals surface area contributed by atoms with Crippen LogP contribution in [0.15, 0.2) is 24.3 Å². The molecule has 0 saturated heterocycles. The van der Waals surface area contributed by atoms with Crippen molar-refractivity contribution >= 4 is 5.78 Å². The fourth-order valence-electron chi connectivity index (χ4n) is 3.00. The van der Waals surface area contributed by atoms with E-state index in [0.717, 1.165) is 19.8 Å². The van der Waals surface area contributed by atoms with Crippen molar-refractivity contribution in [3.63, 3.8) is 0 Å². The van der Waals surface area contributed by atoms with E-state index in [4.69, 9.17) is 0 Å². The van der Waals surface area contributed by atoms with Crippen LogP contribution in [0.2, 0.25) is 0 Å². The van der Waals surface area contributed by atoms with Crippen LogP contribution in [0.5, 0.6) is 0 Å². The number of rotatable bonds is 3. The van der Waals surface area contributed by atoms with Crippen molar-refractivity contribution < 1.29 is 13.6 Å². The molecule has 1 aromatic carbocycles. The van der Waals surface area contributed by atoms with E-state index in [-0.39, 0.29) is 5.78 Å². The topological polar surface area (TPSA) is 17.1 Å². The Morgan fingerprint density at radius 2 is 1.89 bits per heavy atom. The van der Waals surface area contributed by atoms with Gasteiger partial charge in [-0.15, -0.1) is 0 Å². The van der Waals surface area contributed by atoms with Gasteiger partial charge in [0.05, 0.1) is 5.41 Å². The summed E-state index contributed by atoms with van der Waals surface area (Å²) in [5.41, 5.74) is 0.0431. The molecule has 0 radical (unpaired) electrons. The van der Waals surface area contributed by atoms with Crippen LogP contribution in [0, 0.1) is 0 Å². The van der Waals surface area contributed by atoms with E-state index in [9.17, 15) is 13.6 Å². The summed E-state index contributed by atoms with van der Waals surface area (Å²) in [6.07, 6.45) is 2.65. The zero-order chi connectivity index (χ0) is 13.4. The number of benzene rings is 1. The lowest BCUT2D eigenvalue weighted by Crippen LogP contribution is -2.40. The normalized spacial score (nSPS) is 18.9. The Labute approximate surface area is 106 Å². The lowest BCUT2D eigenvalue weighted by atomic mass is 9.73. The van der Waals surface area contributed by atoms with E-state index in [1.165, 1.54) is 6.92 Å². The average Bonchev–Trinajstić information content (AvgIpc) is 2.78. The molecule has 1 saturated carbocycles. The van der Waals surface area contributed by atoms with Gasteiger partial charge in [-0.1, -0.05) is 31.0 Å². The number of hydrogen-bond acceptors (Lipinski definition) is 1. The Kier molecular flexibility index (Phi) is 3.26. The highest BCUT2D eigenvalue weighted by Crippen LogP contribution is 2.51. The van der Waals surface area contributed by atoms with Gasteiger partial charge in [0.15, 0.2) is 5.78 Å². The minimum absolute atomic E-state index is 0.0792. The van der Waals surface area contributed by atoms with E-state index in [1.54, 1.807) is 24.3 Å². The minimum Gasteiger partial charge on any atom is -0.295 e.